The van der Waals surface area contributed by atoms with Gasteiger partial charge in [-0.05, 0) is 36.2 Å². The summed E-state index contributed by atoms with van der Waals surface area (Å²) in [7, 11) is 0. The molecule has 0 saturated carbocycles. The molecule has 3 aromatic rings. The molecule has 1 aromatic heterocycles. The number of hydrogen-bond acceptors (Lipinski definition) is 5. The largest absolute Gasteiger partial charge is 0.393 e. The van der Waals surface area contributed by atoms with E-state index in [0.29, 0.717) is 27.4 Å². The van der Waals surface area contributed by atoms with Crippen molar-refractivity contribution in [3.8, 4) is 0 Å². The smallest absolute Gasteiger partial charge is 0.258 e. The molecular weight excluding hydrogens is 380 g/mol. The number of rotatable bonds is 3. The number of halogens is 1. The number of carbonyl (C=O) groups excluding carboxylic acids is 2. The number of nitrogens with one attached hydrogen (secondary N) is 1. The fourth-order valence-electron chi connectivity index (χ4n) is 3.00. The summed E-state index contributed by atoms with van der Waals surface area (Å²) in [5.74, 6) is -0.601. The van der Waals surface area contributed by atoms with Crippen molar-refractivity contribution in [2.75, 3.05) is 6.61 Å². The van der Waals surface area contributed by atoms with Crippen molar-refractivity contribution in [3.05, 3.63) is 75.9 Å². The Bertz CT molecular complexity index is 1020. The first-order valence-corrected chi connectivity index (χ1v) is 9.15. The minimum atomic E-state index is -0.953. The van der Waals surface area contributed by atoms with Crippen LogP contribution in [-0.4, -0.2) is 33.6 Å². The van der Waals surface area contributed by atoms with Crippen molar-refractivity contribution in [2.24, 2.45) is 0 Å². The first kappa shape index (κ1) is 19.9. The Balaban J connectivity index is 0.000000176. The van der Waals surface area contributed by atoms with Crippen LogP contribution in [0.4, 0.5) is 0 Å². The monoisotopic (exact) mass is 398 g/mol. The first-order chi connectivity index (χ1) is 13.5. The van der Waals surface area contributed by atoms with Crippen molar-refractivity contribution in [1.29, 1.82) is 0 Å². The van der Waals surface area contributed by atoms with Gasteiger partial charge in [-0.3, -0.25) is 14.9 Å². The molecule has 0 bridgehead atoms. The molecule has 0 saturated heterocycles. The van der Waals surface area contributed by atoms with E-state index >= 15 is 0 Å². The number of hydrogen-bond donors (Lipinski definition) is 3. The van der Waals surface area contributed by atoms with E-state index in [4.69, 9.17) is 16.7 Å². The van der Waals surface area contributed by atoms with Crippen LogP contribution in [0.15, 0.2) is 48.5 Å². The molecule has 0 spiro atoms. The van der Waals surface area contributed by atoms with Crippen LogP contribution in [0.5, 0.6) is 0 Å². The average molecular weight is 399 g/mol. The minimum Gasteiger partial charge on any atom is -0.393 e. The Morgan fingerprint density at radius 3 is 2.29 bits per heavy atom. The van der Waals surface area contributed by atoms with Gasteiger partial charge >= 0.3 is 0 Å². The molecule has 2 aromatic carbocycles. The predicted molar refractivity (Wildman–Crippen MR) is 106 cm³/mol. The molecule has 3 N–H and O–H groups in total. The molecule has 1 aliphatic heterocycles. The number of amides is 2. The van der Waals surface area contributed by atoms with Crippen molar-refractivity contribution in [3.63, 3.8) is 0 Å². The first-order valence-electron chi connectivity index (χ1n) is 8.78. The SMILES string of the molecule is CCc1cc2cccc(Cl)c2nc1C(O)CO.O=C1NC(=O)c2ccccc21. The molecule has 1 unspecified atom stereocenters. The summed E-state index contributed by atoms with van der Waals surface area (Å²) in [5, 5.41) is 22.5. The number of nitrogens with zero attached hydrogens (tertiary/aromatic N) is 1. The molecular formula is C21H19ClN2O4. The van der Waals surface area contributed by atoms with Crippen molar-refractivity contribution in [1.82, 2.24) is 10.3 Å². The quantitative estimate of drug-likeness (QED) is 0.589. The van der Waals surface area contributed by atoms with E-state index in [1.165, 1.54) is 0 Å². The summed E-state index contributed by atoms with van der Waals surface area (Å²) in [6, 6.07) is 14.3. The number of fused-ring (bicyclic) bond motifs is 2. The fourth-order valence-corrected chi connectivity index (χ4v) is 3.22. The van der Waals surface area contributed by atoms with Crippen LogP contribution in [-0.2, 0) is 6.42 Å². The summed E-state index contributed by atoms with van der Waals surface area (Å²) in [4.78, 5) is 26.3. The third-order valence-corrected chi connectivity index (χ3v) is 4.73. The molecule has 2 heterocycles. The molecule has 1 aliphatic rings. The van der Waals surface area contributed by atoms with Crippen LogP contribution >= 0.6 is 11.6 Å². The van der Waals surface area contributed by atoms with E-state index in [2.05, 4.69) is 10.3 Å². The van der Waals surface area contributed by atoms with E-state index in [1.807, 2.05) is 25.1 Å². The minimum absolute atomic E-state index is 0.300. The van der Waals surface area contributed by atoms with Crippen LogP contribution in [0.25, 0.3) is 10.9 Å². The standard InChI is InChI=1S/C13H14ClNO2.C8H5NO2/c1-2-8-6-9-4-3-5-10(14)12(9)15-13(8)11(17)7-16;10-7-5-3-1-2-4-6(5)8(11)9-7/h3-6,11,16-17H,2,7H2,1H3;1-4H,(H,9,10,11). The van der Waals surface area contributed by atoms with Gasteiger partial charge in [-0.15, -0.1) is 0 Å². The normalized spacial score (nSPS) is 13.6. The number of carbonyl (C=O) groups is 2. The Kier molecular flexibility index (Phi) is 6.04. The highest BCUT2D eigenvalue weighted by Gasteiger charge is 2.25. The van der Waals surface area contributed by atoms with Gasteiger partial charge in [0.2, 0.25) is 0 Å². The van der Waals surface area contributed by atoms with Crippen LogP contribution in [0, 0.1) is 0 Å². The van der Waals surface area contributed by atoms with Gasteiger partial charge in [0.05, 0.1) is 34.0 Å². The predicted octanol–water partition coefficient (Wildman–Crippen LogP) is 3.05. The highest BCUT2D eigenvalue weighted by Crippen LogP contribution is 2.26. The lowest BCUT2D eigenvalue weighted by Gasteiger charge is -2.13. The lowest BCUT2D eigenvalue weighted by molar-refractivity contribution is 0.0879. The fraction of sp³-hybridized carbons (Fsp3) is 0.190. The molecule has 28 heavy (non-hydrogen) atoms. The second-order valence-corrected chi connectivity index (χ2v) is 6.63. The summed E-state index contributed by atoms with van der Waals surface area (Å²) < 4.78 is 0. The molecule has 0 radical (unpaired) electrons. The van der Waals surface area contributed by atoms with Gasteiger partial charge in [0.25, 0.3) is 11.8 Å². The van der Waals surface area contributed by atoms with Crippen LogP contribution in [0.2, 0.25) is 5.02 Å². The number of aromatic nitrogens is 1. The zero-order valence-electron chi connectivity index (χ0n) is 15.1. The van der Waals surface area contributed by atoms with Gasteiger partial charge in [0.1, 0.15) is 6.10 Å². The maximum absolute atomic E-state index is 10.9. The number of aliphatic hydroxyl groups is 2. The van der Waals surface area contributed by atoms with Gasteiger partial charge in [0.15, 0.2) is 0 Å². The number of aryl methyl sites for hydroxylation is 1. The van der Waals surface area contributed by atoms with Gasteiger partial charge in [-0.2, -0.15) is 0 Å². The molecule has 0 fully saturated rings. The third-order valence-electron chi connectivity index (χ3n) is 4.42. The van der Waals surface area contributed by atoms with Gasteiger partial charge in [-0.1, -0.05) is 42.8 Å². The summed E-state index contributed by atoms with van der Waals surface area (Å²) in [5.41, 5.74) is 3.04. The number of para-hydroxylation sites is 1. The van der Waals surface area contributed by atoms with E-state index in [9.17, 15) is 14.7 Å². The van der Waals surface area contributed by atoms with E-state index in [1.54, 1.807) is 30.3 Å². The van der Waals surface area contributed by atoms with Crippen molar-refractivity contribution in [2.45, 2.75) is 19.4 Å². The Hall–Kier alpha value is -2.80. The molecule has 7 heteroatoms. The van der Waals surface area contributed by atoms with E-state index in [0.717, 1.165) is 17.4 Å². The second kappa shape index (κ2) is 8.48. The highest BCUT2D eigenvalue weighted by molar-refractivity contribution is 6.35. The van der Waals surface area contributed by atoms with Crippen LogP contribution in [0.3, 0.4) is 0 Å². The molecule has 1 atom stereocenters. The maximum atomic E-state index is 10.9. The van der Waals surface area contributed by atoms with Gasteiger partial charge in [0, 0.05) is 5.39 Å². The van der Waals surface area contributed by atoms with Crippen LogP contribution in [0.1, 0.15) is 45.0 Å². The topological polar surface area (TPSA) is 99.5 Å². The Labute approximate surface area is 166 Å². The number of imide groups is 1. The lowest BCUT2D eigenvalue weighted by Crippen LogP contribution is -2.19. The average Bonchev–Trinajstić information content (AvgIpc) is 3.01. The summed E-state index contributed by atoms with van der Waals surface area (Å²) in [6.07, 6.45) is -0.201. The zero-order valence-corrected chi connectivity index (χ0v) is 15.9. The maximum Gasteiger partial charge on any atom is 0.258 e. The van der Waals surface area contributed by atoms with Gasteiger partial charge < -0.3 is 10.2 Å². The zero-order chi connectivity index (χ0) is 20.3. The molecule has 0 aliphatic carbocycles. The number of benzene rings is 2. The van der Waals surface area contributed by atoms with Crippen molar-refractivity contribution >= 4 is 34.3 Å². The van der Waals surface area contributed by atoms with Crippen LogP contribution < -0.4 is 5.32 Å². The lowest BCUT2D eigenvalue weighted by atomic mass is 10.0. The molecule has 2 amide bonds. The van der Waals surface area contributed by atoms with Crippen molar-refractivity contribution < 1.29 is 19.8 Å². The number of pyridine rings is 1. The molecule has 144 valence electrons. The molecule has 4 rings (SSSR count). The Morgan fingerprint density at radius 2 is 1.71 bits per heavy atom. The summed E-state index contributed by atoms with van der Waals surface area (Å²) in [6.45, 7) is 1.65. The number of aliphatic hydroxyl groups excluding tert-OH is 2. The second-order valence-electron chi connectivity index (χ2n) is 6.23. The highest BCUT2D eigenvalue weighted by atomic mass is 35.5. The Morgan fingerprint density at radius 1 is 1.07 bits per heavy atom. The molecule has 6 nitrogen and oxygen atoms in total. The van der Waals surface area contributed by atoms with E-state index < -0.39 is 6.10 Å². The van der Waals surface area contributed by atoms with E-state index in [-0.39, 0.29) is 18.4 Å². The summed E-state index contributed by atoms with van der Waals surface area (Å²) >= 11 is 6.07. The van der Waals surface area contributed by atoms with Gasteiger partial charge in [-0.25, -0.2) is 4.98 Å². The third kappa shape index (κ3) is 3.89.